The number of amides is 1. The van der Waals surface area contributed by atoms with E-state index in [2.05, 4.69) is 19.2 Å². The van der Waals surface area contributed by atoms with Crippen LogP contribution in [0.15, 0.2) is 0 Å². The van der Waals surface area contributed by atoms with E-state index in [-0.39, 0.29) is 5.91 Å². The first kappa shape index (κ1) is 13.1. The van der Waals surface area contributed by atoms with Crippen LogP contribution in [0, 0.1) is 0 Å². The second kappa shape index (κ2) is 6.16. The molecule has 0 radical (unpaired) electrons. The molecule has 0 aromatic heterocycles. The Labute approximate surface area is 69.4 Å². The van der Waals surface area contributed by atoms with E-state index >= 15 is 0 Å². The molecule has 3 N–H and O–H groups in total. The minimum Gasteiger partial charge on any atom is -0.368 e. The molecule has 0 aliphatic heterocycles. The summed E-state index contributed by atoms with van der Waals surface area (Å²) in [6, 6.07) is 0. The van der Waals surface area contributed by atoms with Crippen molar-refractivity contribution in [2.24, 2.45) is 5.73 Å². The van der Waals surface area contributed by atoms with Crippen molar-refractivity contribution >= 4 is 5.91 Å². The van der Waals surface area contributed by atoms with E-state index in [1.165, 1.54) is 6.42 Å². The molecule has 68 valence electrons. The lowest BCUT2D eigenvalue weighted by Crippen LogP contribution is -2.48. The highest BCUT2D eigenvalue weighted by Crippen LogP contribution is 1.96. The molecular weight excluding hydrogens is 140 g/mol. The monoisotopic (exact) mass is 160 g/mol. The van der Waals surface area contributed by atoms with E-state index in [0.29, 0.717) is 0 Å². The quantitative estimate of drug-likeness (QED) is 0.630. The van der Waals surface area contributed by atoms with Crippen LogP contribution in [0.3, 0.4) is 0 Å². The molecule has 0 rings (SSSR count). The molecule has 11 heavy (non-hydrogen) atoms. The third-order valence-corrected chi connectivity index (χ3v) is 1.24. The van der Waals surface area contributed by atoms with Gasteiger partial charge in [0, 0.05) is 0 Å². The molecule has 0 aliphatic carbocycles. The molecule has 0 unspecified atom stereocenters. The summed E-state index contributed by atoms with van der Waals surface area (Å²) in [5, 5.41) is 2.77. The minimum absolute atomic E-state index is 0.333. The van der Waals surface area contributed by atoms with Crippen molar-refractivity contribution in [3.8, 4) is 0 Å². The Morgan fingerprint density at radius 1 is 1.45 bits per heavy atom. The molecule has 3 heteroatoms. The zero-order valence-corrected chi connectivity index (χ0v) is 8.19. The van der Waals surface area contributed by atoms with E-state index in [1.54, 1.807) is 20.9 Å². The van der Waals surface area contributed by atoms with E-state index in [0.717, 1.165) is 0 Å². The molecule has 1 amide bonds. The van der Waals surface area contributed by atoms with Gasteiger partial charge in [-0.15, -0.1) is 0 Å². The fourth-order valence-electron chi connectivity index (χ4n) is 0.123. The van der Waals surface area contributed by atoms with Crippen LogP contribution in [0.4, 0.5) is 0 Å². The van der Waals surface area contributed by atoms with Crippen molar-refractivity contribution in [2.75, 3.05) is 7.05 Å². The predicted octanol–water partition coefficient (Wildman–Crippen LogP) is 0.886. The molecule has 0 heterocycles. The maximum Gasteiger partial charge on any atom is 0.237 e. The molecule has 0 saturated heterocycles. The van der Waals surface area contributed by atoms with Crippen LogP contribution in [0.25, 0.3) is 0 Å². The normalized spacial score (nSPS) is 9.91. The first-order valence-electron chi connectivity index (χ1n) is 3.91. The van der Waals surface area contributed by atoms with Gasteiger partial charge in [-0.3, -0.25) is 4.79 Å². The summed E-state index contributed by atoms with van der Waals surface area (Å²) in [6.45, 7) is 7.71. The summed E-state index contributed by atoms with van der Waals surface area (Å²) in [5.74, 6) is -0.333. The number of nitrogens with two attached hydrogens (primary N) is 1. The van der Waals surface area contributed by atoms with Gasteiger partial charge in [-0.25, -0.2) is 0 Å². The van der Waals surface area contributed by atoms with Crippen LogP contribution in [-0.2, 0) is 4.79 Å². The fraction of sp³-hybridized carbons (Fsp3) is 0.875. The van der Waals surface area contributed by atoms with Crippen LogP contribution in [0.5, 0.6) is 0 Å². The lowest BCUT2D eigenvalue weighted by molar-refractivity contribution is -0.122. The average molecular weight is 160 g/mol. The Morgan fingerprint density at radius 2 is 1.73 bits per heavy atom. The molecule has 0 aromatic carbocycles. The third kappa shape index (κ3) is 7.33. The highest BCUT2D eigenvalue weighted by atomic mass is 16.1. The summed E-state index contributed by atoms with van der Waals surface area (Å²) < 4.78 is 0. The van der Waals surface area contributed by atoms with Crippen LogP contribution >= 0.6 is 0 Å². The minimum atomic E-state index is -0.569. The van der Waals surface area contributed by atoms with Gasteiger partial charge in [0.1, 0.15) is 0 Å². The molecule has 0 spiro atoms. The Kier molecular flexibility index (Phi) is 7.31. The first-order valence-corrected chi connectivity index (χ1v) is 3.91. The smallest absolute Gasteiger partial charge is 0.237 e. The van der Waals surface area contributed by atoms with Crippen LogP contribution in [0.1, 0.15) is 34.1 Å². The largest absolute Gasteiger partial charge is 0.368 e. The summed E-state index contributed by atoms with van der Waals surface area (Å²) in [7, 11) is 1.70. The number of carbonyl (C=O) groups excluding carboxylic acids is 1. The highest BCUT2D eigenvalue weighted by molar-refractivity contribution is 5.83. The van der Waals surface area contributed by atoms with Crippen molar-refractivity contribution in [3.05, 3.63) is 0 Å². The number of hydrogen-bond donors (Lipinski definition) is 2. The van der Waals surface area contributed by atoms with Crippen molar-refractivity contribution in [3.63, 3.8) is 0 Å². The third-order valence-electron chi connectivity index (χ3n) is 1.24. The summed E-state index contributed by atoms with van der Waals surface area (Å²) in [6.07, 6.45) is 1.25. The van der Waals surface area contributed by atoms with E-state index in [1.807, 2.05) is 0 Å². The van der Waals surface area contributed by atoms with E-state index in [4.69, 9.17) is 5.73 Å². The number of hydrogen-bond acceptors (Lipinski definition) is 2. The Balaban J connectivity index is 0. The number of carbonyl (C=O) groups is 1. The Hall–Kier alpha value is -0.570. The van der Waals surface area contributed by atoms with Gasteiger partial charge < -0.3 is 11.1 Å². The Bertz CT molecular complexity index is 111. The molecule has 0 bridgehead atoms. The predicted molar refractivity (Wildman–Crippen MR) is 48.3 cm³/mol. The standard InChI is InChI=1S/C5H12N2O.C3H8/c1-5(2,7-3)4(6)8;1-3-2/h7H,1-3H3,(H2,6,8);3H2,1-2H3. The van der Waals surface area contributed by atoms with Crippen molar-refractivity contribution < 1.29 is 4.79 Å². The summed E-state index contributed by atoms with van der Waals surface area (Å²) >= 11 is 0. The van der Waals surface area contributed by atoms with Crippen molar-refractivity contribution in [1.29, 1.82) is 0 Å². The van der Waals surface area contributed by atoms with Gasteiger partial charge in [0.2, 0.25) is 5.91 Å². The van der Waals surface area contributed by atoms with E-state index < -0.39 is 5.54 Å². The van der Waals surface area contributed by atoms with Gasteiger partial charge in [-0.2, -0.15) is 0 Å². The number of nitrogens with one attached hydrogen (secondary N) is 1. The van der Waals surface area contributed by atoms with Gasteiger partial charge in [0.05, 0.1) is 5.54 Å². The molecule has 0 aliphatic rings. The van der Waals surface area contributed by atoms with Gasteiger partial charge in [0.25, 0.3) is 0 Å². The van der Waals surface area contributed by atoms with Crippen LogP contribution in [0.2, 0.25) is 0 Å². The molecule has 3 nitrogen and oxygen atoms in total. The molecule has 0 aromatic rings. The highest BCUT2D eigenvalue weighted by Gasteiger charge is 2.20. The summed E-state index contributed by atoms with van der Waals surface area (Å²) in [5.41, 5.74) is 4.41. The van der Waals surface area contributed by atoms with E-state index in [9.17, 15) is 4.79 Å². The maximum atomic E-state index is 10.4. The SMILES string of the molecule is CCC.CNC(C)(C)C(N)=O. The zero-order chi connectivity index (χ0) is 9.49. The number of likely N-dealkylation sites (N-methyl/N-ethyl adjacent to an activating group) is 1. The van der Waals surface area contributed by atoms with Gasteiger partial charge in [0.15, 0.2) is 0 Å². The topological polar surface area (TPSA) is 55.1 Å². The van der Waals surface area contributed by atoms with Crippen molar-refractivity contribution in [2.45, 2.75) is 39.7 Å². The number of primary amides is 1. The van der Waals surface area contributed by atoms with Crippen LogP contribution in [-0.4, -0.2) is 18.5 Å². The first-order chi connectivity index (χ1) is 4.92. The second-order valence-electron chi connectivity index (χ2n) is 2.95. The fourth-order valence-corrected chi connectivity index (χ4v) is 0.123. The second-order valence-corrected chi connectivity index (χ2v) is 2.95. The summed E-state index contributed by atoms with van der Waals surface area (Å²) in [4.78, 5) is 10.4. The van der Waals surface area contributed by atoms with Gasteiger partial charge >= 0.3 is 0 Å². The average Bonchev–Trinajstić information content (AvgIpc) is 1.89. The number of rotatable bonds is 2. The Morgan fingerprint density at radius 3 is 1.73 bits per heavy atom. The molecule has 0 saturated carbocycles. The lowest BCUT2D eigenvalue weighted by Gasteiger charge is -2.18. The molecule has 0 fully saturated rings. The van der Waals surface area contributed by atoms with Crippen LogP contribution < -0.4 is 11.1 Å². The zero-order valence-electron chi connectivity index (χ0n) is 8.19. The molecule has 0 atom stereocenters. The van der Waals surface area contributed by atoms with Gasteiger partial charge in [-0.05, 0) is 20.9 Å². The van der Waals surface area contributed by atoms with Gasteiger partial charge in [-0.1, -0.05) is 20.3 Å². The molecular formula is C8H20N2O. The van der Waals surface area contributed by atoms with Crippen molar-refractivity contribution in [1.82, 2.24) is 5.32 Å². The lowest BCUT2D eigenvalue weighted by atomic mass is 10.1. The maximum absolute atomic E-state index is 10.4.